The Hall–Kier alpha value is -4.89. The maximum atomic E-state index is 13.1. The van der Waals surface area contributed by atoms with Crippen LogP contribution in [0.1, 0.15) is 54.4 Å². The minimum atomic E-state index is -5.02. The van der Waals surface area contributed by atoms with E-state index in [2.05, 4.69) is 32.0 Å². The van der Waals surface area contributed by atoms with Crippen molar-refractivity contribution in [1.29, 1.82) is 0 Å². The molecule has 3 aliphatic heterocycles. The third-order valence-corrected chi connectivity index (χ3v) is 10.7. The smallest absolute Gasteiger partial charge is 0.392 e. The second-order valence-electron chi connectivity index (χ2n) is 14.4. The Balaban J connectivity index is 1.02. The molecule has 1 aromatic heterocycles. The molecule has 2 N–H and O–H groups in total. The van der Waals surface area contributed by atoms with Gasteiger partial charge in [-0.3, -0.25) is 14.5 Å². The number of aliphatic hydroxyl groups excluding tert-OH is 1. The molecule has 0 unspecified atom stereocenters. The molecular weight excluding hydrogens is 713 g/mol. The van der Waals surface area contributed by atoms with Crippen LogP contribution in [0.5, 0.6) is 0 Å². The van der Waals surface area contributed by atoms with Crippen molar-refractivity contribution < 1.29 is 37.3 Å². The number of nitrogens with zero attached hydrogens (tertiary/aromatic N) is 5. The molecule has 0 aliphatic carbocycles. The molecule has 5 atom stereocenters. The summed E-state index contributed by atoms with van der Waals surface area (Å²) in [4.78, 5) is 38.7. The number of ether oxygens (including phenoxy) is 2. The number of benzene rings is 3. The van der Waals surface area contributed by atoms with Crippen LogP contribution in [-0.2, 0) is 32.2 Å². The summed E-state index contributed by atoms with van der Waals surface area (Å²) in [6.45, 7) is 6.18. The highest BCUT2D eigenvalue weighted by Gasteiger charge is 2.47. The maximum Gasteiger partial charge on any atom is 0.471 e. The highest BCUT2D eigenvalue weighted by Crippen LogP contribution is 2.42. The lowest BCUT2D eigenvalue weighted by Gasteiger charge is -2.44. The highest BCUT2D eigenvalue weighted by molar-refractivity contribution is 5.90. The first-order valence-electron chi connectivity index (χ1n) is 18.7. The Bertz CT molecular complexity index is 1910. The number of aliphatic hydroxyl groups is 1. The molecule has 0 spiro atoms. The van der Waals surface area contributed by atoms with E-state index in [1.165, 1.54) is 0 Å². The number of rotatable bonds is 10. The summed E-state index contributed by atoms with van der Waals surface area (Å²) < 4.78 is 52.6. The fraction of sp³-hybridized carbons (Fsp3) is 0.415. The SMILES string of the molecule is C[C@H]1[C@@H](CN2CCN(c3ncccn3)CC2)O[C@@H](c2ccc(-c3cccc(CNC(=O)[C@@H]4CCCN4C(=O)C(F)(F)F)c3)cc2)O[C@H]1c1ccc(CO)cc1. The summed E-state index contributed by atoms with van der Waals surface area (Å²) >= 11 is 0. The molecule has 14 heteroatoms. The Kier molecular flexibility index (Phi) is 11.8. The average molecular weight is 759 g/mol. The molecule has 11 nitrogen and oxygen atoms in total. The topological polar surface area (TPSA) is 120 Å². The molecule has 3 aromatic carbocycles. The van der Waals surface area contributed by atoms with Gasteiger partial charge in [0.05, 0.1) is 18.8 Å². The van der Waals surface area contributed by atoms with Crippen LogP contribution in [0.15, 0.2) is 91.3 Å². The minimum absolute atomic E-state index is 0.0354. The Labute approximate surface area is 318 Å². The van der Waals surface area contributed by atoms with Crippen LogP contribution in [0.4, 0.5) is 19.1 Å². The van der Waals surface area contributed by atoms with Crippen LogP contribution in [-0.4, -0.2) is 94.3 Å². The Morgan fingerprint density at radius 2 is 1.56 bits per heavy atom. The first-order valence-corrected chi connectivity index (χ1v) is 18.7. The highest BCUT2D eigenvalue weighted by atomic mass is 19.4. The second-order valence-corrected chi connectivity index (χ2v) is 14.4. The van der Waals surface area contributed by atoms with E-state index in [9.17, 15) is 27.9 Å². The van der Waals surface area contributed by atoms with Crippen LogP contribution in [0, 0.1) is 5.92 Å². The molecule has 4 aromatic rings. The Morgan fingerprint density at radius 3 is 2.25 bits per heavy atom. The zero-order chi connectivity index (χ0) is 38.5. The quantitative estimate of drug-likeness (QED) is 0.219. The molecule has 55 heavy (non-hydrogen) atoms. The number of amides is 2. The summed E-state index contributed by atoms with van der Waals surface area (Å²) in [5.41, 5.74) is 5.30. The number of anilines is 1. The van der Waals surface area contributed by atoms with Gasteiger partial charge in [-0.25, -0.2) is 9.97 Å². The van der Waals surface area contributed by atoms with Crippen LogP contribution < -0.4 is 10.2 Å². The first-order chi connectivity index (χ1) is 26.6. The predicted molar refractivity (Wildman–Crippen MR) is 198 cm³/mol. The lowest BCUT2D eigenvalue weighted by atomic mass is 9.89. The number of halogens is 3. The van der Waals surface area contributed by atoms with E-state index >= 15 is 0 Å². The molecule has 0 radical (unpaired) electrons. The van der Waals surface area contributed by atoms with E-state index in [1.54, 1.807) is 12.4 Å². The largest absolute Gasteiger partial charge is 0.471 e. The number of piperazine rings is 1. The van der Waals surface area contributed by atoms with Gasteiger partial charge in [0.2, 0.25) is 11.9 Å². The van der Waals surface area contributed by atoms with Crippen LogP contribution >= 0.6 is 0 Å². The van der Waals surface area contributed by atoms with Crippen molar-refractivity contribution in [2.75, 3.05) is 44.2 Å². The van der Waals surface area contributed by atoms with Crippen LogP contribution in [0.3, 0.4) is 0 Å². The predicted octanol–water partition coefficient (Wildman–Crippen LogP) is 5.42. The molecule has 4 heterocycles. The van der Waals surface area contributed by atoms with Gasteiger partial charge in [0.1, 0.15) is 6.04 Å². The number of likely N-dealkylation sites (tertiary alicyclic amines) is 1. The van der Waals surface area contributed by atoms with Crippen molar-refractivity contribution in [3.8, 4) is 11.1 Å². The van der Waals surface area contributed by atoms with Crippen molar-refractivity contribution in [2.45, 2.75) is 63.6 Å². The molecular formula is C41H45F3N6O5. The molecule has 3 saturated heterocycles. The minimum Gasteiger partial charge on any atom is -0.392 e. The van der Waals surface area contributed by atoms with Gasteiger partial charge in [0.25, 0.3) is 0 Å². The fourth-order valence-electron chi connectivity index (χ4n) is 7.61. The fourth-order valence-corrected chi connectivity index (χ4v) is 7.61. The zero-order valence-electron chi connectivity index (χ0n) is 30.6. The van der Waals surface area contributed by atoms with Gasteiger partial charge in [0, 0.05) is 69.7 Å². The number of aromatic nitrogens is 2. The summed E-state index contributed by atoms with van der Waals surface area (Å²) in [7, 11) is 0. The molecule has 290 valence electrons. The molecule has 2 amide bonds. The number of alkyl halides is 3. The van der Waals surface area contributed by atoms with Gasteiger partial charge in [0.15, 0.2) is 6.29 Å². The molecule has 0 saturated carbocycles. The molecule has 3 aliphatic rings. The monoisotopic (exact) mass is 758 g/mol. The summed E-state index contributed by atoms with van der Waals surface area (Å²) in [5.74, 6) is -1.80. The van der Waals surface area contributed by atoms with Crippen molar-refractivity contribution in [2.24, 2.45) is 5.92 Å². The van der Waals surface area contributed by atoms with E-state index in [4.69, 9.17) is 9.47 Å². The number of carbonyl (C=O) groups excluding carboxylic acids is 2. The van der Waals surface area contributed by atoms with Gasteiger partial charge in [-0.05, 0) is 52.8 Å². The van der Waals surface area contributed by atoms with Crippen molar-refractivity contribution in [1.82, 2.24) is 25.1 Å². The molecule has 0 bridgehead atoms. The van der Waals surface area contributed by atoms with E-state index in [0.29, 0.717) is 11.3 Å². The zero-order valence-corrected chi connectivity index (χ0v) is 30.6. The third-order valence-electron chi connectivity index (χ3n) is 10.7. The van der Waals surface area contributed by atoms with E-state index in [-0.39, 0.29) is 44.2 Å². The van der Waals surface area contributed by atoms with Crippen LogP contribution in [0.25, 0.3) is 11.1 Å². The van der Waals surface area contributed by atoms with E-state index < -0.39 is 30.3 Å². The Morgan fingerprint density at radius 1 is 0.855 bits per heavy atom. The third kappa shape index (κ3) is 8.99. The summed E-state index contributed by atoms with van der Waals surface area (Å²) in [6.07, 6.45) is -1.98. The van der Waals surface area contributed by atoms with E-state index in [0.717, 1.165) is 72.1 Å². The average Bonchev–Trinajstić information content (AvgIpc) is 3.71. The molecule has 7 rings (SSSR count). The van der Waals surface area contributed by atoms with Gasteiger partial charge in [-0.1, -0.05) is 73.7 Å². The molecule has 3 fully saturated rings. The van der Waals surface area contributed by atoms with Crippen molar-refractivity contribution in [3.63, 3.8) is 0 Å². The van der Waals surface area contributed by atoms with E-state index in [1.807, 2.05) is 78.9 Å². The standard InChI is InChI=1S/C41H45F3N6O5/c1-27-35(25-48-19-21-49(22-20-48)40-45-16-4-17-46-40)54-38(55-36(27)31-10-8-28(26-51)9-11-31)32-14-12-30(13-15-32)33-6-2-5-29(23-33)24-47-37(52)34-7-3-18-50(34)39(53)41(42,43)44/h2,4-6,8-17,23,27,34-36,38,51H,3,7,18-22,24-26H2,1H3,(H,47,52)/t27-,34-,35+,36+,38+/m0/s1. The van der Waals surface area contributed by atoms with Gasteiger partial charge >= 0.3 is 12.1 Å². The number of hydrogen-bond donors (Lipinski definition) is 2. The lowest BCUT2D eigenvalue weighted by molar-refractivity contribution is -0.276. The van der Waals surface area contributed by atoms with Gasteiger partial charge in [-0.15, -0.1) is 0 Å². The first kappa shape index (κ1) is 38.4. The van der Waals surface area contributed by atoms with Gasteiger partial charge < -0.3 is 29.7 Å². The van der Waals surface area contributed by atoms with Crippen molar-refractivity contribution in [3.05, 3.63) is 114 Å². The summed E-state index contributed by atoms with van der Waals surface area (Å²) in [5, 5.41) is 12.3. The number of carbonyl (C=O) groups is 2. The number of hydrogen-bond acceptors (Lipinski definition) is 9. The normalized spacial score (nSPS) is 23.5. The lowest BCUT2D eigenvalue weighted by Crippen LogP contribution is -2.51. The van der Waals surface area contributed by atoms with Gasteiger partial charge in [-0.2, -0.15) is 13.2 Å². The van der Waals surface area contributed by atoms with Crippen LogP contribution in [0.2, 0.25) is 0 Å². The van der Waals surface area contributed by atoms with Crippen molar-refractivity contribution >= 4 is 17.8 Å². The summed E-state index contributed by atoms with van der Waals surface area (Å²) in [6, 6.07) is 24.0. The second kappa shape index (κ2) is 16.9. The number of nitrogens with one attached hydrogen (secondary N) is 1. The maximum absolute atomic E-state index is 13.1.